The molecule has 3 aromatic rings. The largest absolute Gasteiger partial charge is 0.370 e. The second-order valence-corrected chi connectivity index (χ2v) is 6.46. The number of rotatable bonds is 4. The number of aromatic nitrogens is 3. The van der Waals surface area contributed by atoms with Crippen LogP contribution in [0.1, 0.15) is 24.3 Å². The number of aryl methyl sites for hydroxylation is 1. The van der Waals surface area contributed by atoms with Gasteiger partial charge in [0.05, 0.1) is 6.61 Å². The molecule has 4 rings (SSSR count). The lowest BCUT2D eigenvalue weighted by Gasteiger charge is -2.34. The Kier molecular flexibility index (Phi) is 5.07. The molecule has 3 heterocycles. The molecule has 1 aromatic carbocycles. The van der Waals surface area contributed by atoms with Crippen molar-refractivity contribution in [2.24, 2.45) is 0 Å². The zero-order chi connectivity index (χ0) is 18.6. The van der Waals surface area contributed by atoms with E-state index >= 15 is 0 Å². The first kappa shape index (κ1) is 17.5. The summed E-state index contributed by atoms with van der Waals surface area (Å²) in [5.74, 6) is 1.29. The van der Waals surface area contributed by atoms with Crippen molar-refractivity contribution < 1.29 is 9.13 Å². The molecule has 1 unspecified atom stereocenters. The highest BCUT2D eigenvalue weighted by atomic mass is 19.1. The summed E-state index contributed by atoms with van der Waals surface area (Å²) in [6.45, 7) is 3.86. The number of hydrogen-bond donors (Lipinski definition) is 0. The molecular weight excluding hydrogens is 343 g/mol. The van der Waals surface area contributed by atoms with Gasteiger partial charge in [-0.05, 0) is 24.6 Å². The van der Waals surface area contributed by atoms with Crippen LogP contribution in [0.15, 0.2) is 54.9 Å². The van der Waals surface area contributed by atoms with Crippen molar-refractivity contribution in [2.75, 3.05) is 24.6 Å². The first-order valence-corrected chi connectivity index (χ1v) is 9.14. The fourth-order valence-electron chi connectivity index (χ4n) is 3.24. The summed E-state index contributed by atoms with van der Waals surface area (Å²) in [5, 5.41) is 0. The monoisotopic (exact) mass is 364 g/mol. The third kappa shape index (κ3) is 3.80. The first-order chi connectivity index (χ1) is 13.2. The van der Waals surface area contributed by atoms with Crippen LogP contribution in [-0.4, -0.2) is 34.6 Å². The molecule has 1 aliphatic heterocycles. The third-order valence-electron chi connectivity index (χ3n) is 4.71. The van der Waals surface area contributed by atoms with Gasteiger partial charge >= 0.3 is 0 Å². The van der Waals surface area contributed by atoms with Crippen LogP contribution in [0.4, 0.5) is 10.2 Å². The highest BCUT2D eigenvalue weighted by molar-refractivity contribution is 5.57. The molecule has 5 nitrogen and oxygen atoms in total. The molecule has 1 fully saturated rings. The van der Waals surface area contributed by atoms with E-state index in [0.717, 1.165) is 23.5 Å². The fourth-order valence-corrected chi connectivity index (χ4v) is 3.24. The summed E-state index contributed by atoms with van der Waals surface area (Å²) < 4.78 is 20.0. The van der Waals surface area contributed by atoms with Gasteiger partial charge in [-0.25, -0.2) is 14.4 Å². The number of hydrogen-bond acceptors (Lipinski definition) is 5. The number of ether oxygens (including phenoxy) is 1. The highest BCUT2D eigenvalue weighted by Crippen LogP contribution is 2.28. The average molecular weight is 364 g/mol. The van der Waals surface area contributed by atoms with E-state index < -0.39 is 0 Å². The van der Waals surface area contributed by atoms with E-state index in [-0.39, 0.29) is 11.9 Å². The molecule has 1 aliphatic rings. The van der Waals surface area contributed by atoms with E-state index in [0.29, 0.717) is 31.1 Å². The molecule has 0 spiro atoms. The van der Waals surface area contributed by atoms with Gasteiger partial charge in [0.15, 0.2) is 5.82 Å². The highest BCUT2D eigenvalue weighted by Gasteiger charge is 2.25. The average Bonchev–Trinajstić information content (AvgIpc) is 2.74. The van der Waals surface area contributed by atoms with Crippen molar-refractivity contribution in [3.05, 3.63) is 71.9 Å². The Morgan fingerprint density at radius 2 is 1.96 bits per heavy atom. The molecule has 0 saturated carbocycles. The number of nitrogens with zero attached hydrogens (tertiary/aromatic N) is 4. The maximum absolute atomic E-state index is 14.2. The Bertz CT molecular complexity index is 919. The Hall–Kier alpha value is -2.86. The van der Waals surface area contributed by atoms with Gasteiger partial charge in [0.1, 0.15) is 17.7 Å². The normalized spacial score (nSPS) is 17.1. The number of anilines is 1. The number of morpholine rings is 1. The predicted octanol–water partition coefficient (Wildman–Crippen LogP) is 3.82. The Labute approximate surface area is 157 Å². The van der Waals surface area contributed by atoms with Gasteiger partial charge in [-0.2, -0.15) is 0 Å². The van der Waals surface area contributed by atoms with Crippen LogP contribution in [0.3, 0.4) is 0 Å². The van der Waals surface area contributed by atoms with Gasteiger partial charge in [-0.15, -0.1) is 0 Å². The van der Waals surface area contributed by atoms with Crippen LogP contribution < -0.4 is 4.90 Å². The Balaban J connectivity index is 1.65. The standard InChI is InChI=1S/C21H21FN4O/c1-2-16-13-20(25-21(24-16)15-7-9-23-10-8-15)26-11-12-27-19(14-26)17-5-3-4-6-18(17)22/h3-10,13,19H,2,11-12,14H2,1H3. The quantitative estimate of drug-likeness (QED) is 0.704. The molecular formula is C21H21FN4O. The van der Waals surface area contributed by atoms with Crippen LogP contribution in [0.25, 0.3) is 11.4 Å². The van der Waals surface area contributed by atoms with Crippen molar-refractivity contribution in [3.63, 3.8) is 0 Å². The van der Waals surface area contributed by atoms with E-state index in [4.69, 9.17) is 9.72 Å². The molecule has 0 aliphatic carbocycles. The zero-order valence-corrected chi connectivity index (χ0v) is 15.2. The first-order valence-electron chi connectivity index (χ1n) is 9.14. The lowest BCUT2D eigenvalue weighted by molar-refractivity contribution is 0.0372. The van der Waals surface area contributed by atoms with Gasteiger partial charge in [0.25, 0.3) is 0 Å². The summed E-state index contributed by atoms with van der Waals surface area (Å²) in [7, 11) is 0. The van der Waals surface area contributed by atoms with Gasteiger partial charge < -0.3 is 9.64 Å². The number of pyridine rings is 1. The van der Waals surface area contributed by atoms with Crippen molar-refractivity contribution in [3.8, 4) is 11.4 Å². The van der Waals surface area contributed by atoms with Crippen molar-refractivity contribution >= 4 is 5.82 Å². The van der Waals surface area contributed by atoms with Gasteiger partial charge in [-0.1, -0.05) is 25.1 Å². The number of halogens is 1. The smallest absolute Gasteiger partial charge is 0.161 e. The molecule has 0 amide bonds. The summed E-state index contributed by atoms with van der Waals surface area (Å²) >= 11 is 0. The molecule has 1 saturated heterocycles. The topological polar surface area (TPSA) is 51.1 Å². The minimum absolute atomic E-state index is 0.237. The fraction of sp³-hybridized carbons (Fsp3) is 0.286. The molecule has 0 radical (unpaired) electrons. The second-order valence-electron chi connectivity index (χ2n) is 6.46. The SMILES string of the molecule is CCc1cc(N2CCOC(c3ccccc3F)C2)nc(-c2ccncc2)n1. The minimum atomic E-state index is -0.315. The summed E-state index contributed by atoms with van der Waals surface area (Å²) in [5.41, 5.74) is 2.49. The predicted molar refractivity (Wildman–Crippen MR) is 102 cm³/mol. The lowest BCUT2D eigenvalue weighted by atomic mass is 10.1. The van der Waals surface area contributed by atoms with Gasteiger partial charge in [-0.3, -0.25) is 4.98 Å². The van der Waals surface area contributed by atoms with E-state index in [1.807, 2.05) is 24.3 Å². The van der Waals surface area contributed by atoms with E-state index in [2.05, 4.69) is 21.8 Å². The second kappa shape index (κ2) is 7.80. The van der Waals surface area contributed by atoms with Crippen LogP contribution in [0.2, 0.25) is 0 Å². The van der Waals surface area contributed by atoms with Crippen molar-refractivity contribution in [2.45, 2.75) is 19.4 Å². The zero-order valence-electron chi connectivity index (χ0n) is 15.2. The Morgan fingerprint density at radius 1 is 1.15 bits per heavy atom. The van der Waals surface area contributed by atoms with Gasteiger partial charge in [0.2, 0.25) is 0 Å². The molecule has 0 bridgehead atoms. The van der Waals surface area contributed by atoms with E-state index in [1.165, 1.54) is 6.07 Å². The van der Waals surface area contributed by atoms with Crippen molar-refractivity contribution in [1.82, 2.24) is 15.0 Å². The summed E-state index contributed by atoms with van der Waals surface area (Å²) in [6, 6.07) is 12.6. The summed E-state index contributed by atoms with van der Waals surface area (Å²) in [6.07, 6.45) is 3.97. The van der Waals surface area contributed by atoms with Crippen LogP contribution in [-0.2, 0) is 11.2 Å². The maximum atomic E-state index is 14.2. The van der Waals surface area contributed by atoms with E-state index in [9.17, 15) is 4.39 Å². The molecule has 6 heteroatoms. The number of benzene rings is 1. The molecule has 1 atom stereocenters. The molecule has 2 aromatic heterocycles. The molecule has 27 heavy (non-hydrogen) atoms. The Morgan fingerprint density at radius 3 is 2.74 bits per heavy atom. The molecule has 0 N–H and O–H groups in total. The minimum Gasteiger partial charge on any atom is -0.370 e. The van der Waals surface area contributed by atoms with Crippen LogP contribution >= 0.6 is 0 Å². The molecule has 138 valence electrons. The maximum Gasteiger partial charge on any atom is 0.161 e. The van der Waals surface area contributed by atoms with Crippen LogP contribution in [0, 0.1) is 5.82 Å². The summed E-state index contributed by atoms with van der Waals surface area (Å²) in [4.78, 5) is 15.6. The third-order valence-corrected chi connectivity index (χ3v) is 4.71. The van der Waals surface area contributed by atoms with E-state index in [1.54, 1.807) is 24.5 Å². The van der Waals surface area contributed by atoms with Crippen LogP contribution in [0.5, 0.6) is 0 Å². The lowest BCUT2D eigenvalue weighted by Crippen LogP contribution is -2.39. The van der Waals surface area contributed by atoms with Gasteiger partial charge in [0, 0.05) is 48.4 Å². The van der Waals surface area contributed by atoms with Crippen molar-refractivity contribution in [1.29, 1.82) is 0 Å².